The van der Waals surface area contributed by atoms with Crippen LogP contribution in [-0.4, -0.2) is 71.0 Å². The summed E-state index contributed by atoms with van der Waals surface area (Å²) in [4.78, 5) is 63.3. The lowest BCUT2D eigenvalue weighted by molar-refractivity contribution is -0.138. The van der Waals surface area contributed by atoms with Crippen molar-refractivity contribution in [3.05, 3.63) is 102 Å². The van der Waals surface area contributed by atoms with Gasteiger partial charge in [-0.05, 0) is 28.8 Å². The Morgan fingerprint density at radius 3 is 1.47 bits per heavy atom. The fourth-order valence-electron chi connectivity index (χ4n) is 4.28. The average molecular weight is 590 g/mol. The normalized spacial score (nSPS) is 12.7. The summed E-state index contributed by atoms with van der Waals surface area (Å²) in [5, 5.41) is 28.9. The molecule has 12 heteroatoms. The minimum absolute atomic E-state index is 0.0112. The lowest BCUT2D eigenvalue weighted by Crippen LogP contribution is -2.58. The van der Waals surface area contributed by atoms with E-state index in [1.54, 1.807) is 66.7 Å². The van der Waals surface area contributed by atoms with Crippen LogP contribution >= 0.6 is 0 Å². The Labute approximate surface area is 248 Å². The summed E-state index contributed by atoms with van der Waals surface area (Å²) < 4.78 is 0. The number of phenolic OH excluding ortho intramolecular Hbond substituents is 1. The zero-order valence-corrected chi connectivity index (χ0v) is 23.4. The third-order valence-corrected chi connectivity index (χ3v) is 6.46. The quantitative estimate of drug-likeness (QED) is 0.129. The van der Waals surface area contributed by atoms with E-state index < -0.39 is 54.3 Å². The molecular weight excluding hydrogens is 554 g/mol. The summed E-state index contributed by atoms with van der Waals surface area (Å²) in [5.74, 6) is -3.88. The van der Waals surface area contributed by atoms with E-state index in [2.05, 4.69) is 21.3 Å². The number of hydrogen-bond donors (Lipinski definition) is 7. The summed E-state index contributed by atoms with van der Waals surface area (Å²) in [6.45, 7) is -0.996. The third kappa shape index (κ3) is 10.9. The van der Waals surface area contributed by atoms with Crippen LogP contribution in [0.3, 0.4) is 0 Å². The average Bonchev–Trinajstić information content (AvgIpc) is 3.00. The second-order valence-electron chi connectivity index (χ2n) is 9.81. The third-order valence-electron chi connectivity index (χ3n) is 6.46. The number of aromatic hydroxyl groups is 1. The maximum Gasteiger partial charge on any atom is 0.322 e. The summed E-state index contributed by atoms with van der Waals surface area (Å²) in [6, 6.07) is 20.5. The lowest BCUT2D eigenvalue weighted by Gasteiger charge is -2.25. The number of hydrogen-bond acceptors (Lipinski definition) is 7. The van der Waals surface area contributed by atoms with E-state index in [9.17, 15) is 29.1 Å². The van der Waals surface area contributed by atoms with Gasteiger partial charge in [-0.1, -0.05) is 72.8 Å². The second-order valence-corrected chi connectivity index (χ2v) is 9.81. The van der Waals surface area contributed by atoms with E-state index in [4.69, 9.17) is 10.8 Å². The van der Waals surface area contributed by atoms with Crippen LogP contribution in [0.4, 0.5) is 0 Å². The van der Waals surface area contributed by atoms with Crippen LogP contribution in [0.1, 0.15) is 16.7 Å². The van der Waals surface area contributed by atoms with Crippen LogP contribution in [-0.2, 0) is 43.2 Å². The molecule has 3 rings (SSSR count). The molecule has 0 aliphatic heterocycles. The molecule has 0 heterocycles. The van der Waals surface area contributed by atoms with Gasteiger partial charge in [-0.3, -0.25) is 24.0 Å². The smallest absolute Gasteiger partial charge is 0.322 e. The highest BCUT2D eigenvalue weighted by Gasteiger charge is 2.30. The largest absolute Gasteiger partial charge is 0.508 e. The van der Waals surface area contributed by atoms with Crippen LogP contribution in [0.2, 0.25) is 0 Å². The lowest BCUT2D eigenvalue weighted by atomic mass is 10.0. The number of benzene rings is 3. The number of carbonyl (C=O) groups excluding carboxylic acids is 4. The Kier molecular flexibility index (Phi) is 12.2. The van der Waals surface area contributed by atoms with Gasteiger partial charge in [-0.25, -0.2) is 0 Å². The van der Waals surface area contributed by atoms with Gasteiger partial charge in [0.15, 0.2) is 0 Å². The van der Waals surface area contributed by atoms with E-state index in [0.29, 0.717) is 5.56 Å². The first-order valence-corrected chi connectivity index (χ1v) is 13.6. The molecule has 0 unspecified atom stereocenters. The molecule has 0 spiro atoms. The van der Waals surface area contributed by atoms with Gasteiger partial charge in [0, 0.05) is 19.3 Å². The Morgan fingerprint density at radius 1 is 0.605 bits per heavy atom. The minimum Gasteiger partial charge on any atom is -0.508 e. The zero-order valence-electron chi connectivity index (χ0n) is 23.4. The molecule has 226 valence electrons. The van der Waals surface area contributed by atoms with Crippen molar-refractivity contribution in [2.24, 2.45) is 5.73 Å². The van der Waals surface area contributed by atoms with Gasteiger partial charge in [0.1, 0.15) is 30.4 Å². The molecule has 8 N–H and O–H groups in total. The molecule has 3 atom stereocenters. The molecule has 0 saturated carbocycles. The second kappa shape index (κ2) is 16.3. The van der Waals surface area contributed by atoms with Crippen molar-refractivity contribution in [2.75, 3.05) is 13.1 Å². The van der Waals surface area contributed by atoms with E-state index in [0.717, 1.165) is 11.1 Å². The van der Waals surface area contributed by atoms with Gasteiger partial charge in [-0.15, -0.1) is 0 Å². The maximum absolute atomic E-state index is 13.7. The van der Waals surface area contributed by atoms with Crippen LogP contribution in [0.5, 0.6) is 5.75 Å². The van der Waals surface area contributed by atoms with Crippen molar-refractivity contribution in [3.63, 3.8) is 0 Å². The highest BCUT2D eigenvalue weighted by molar-refractivity contribution is 5.95. The van der Waals surface area contributed by atoms with Crippen LogP contribution in [0.25, 0.3) is 0 Å². The fraction of sp³-hybridized carbons (Fsp3) is 0.258. The van der Waals surface area contributed by atoms with Crippen molar-refractivity contribution >= 4 is 29.6 Å². The molecule has 3 aromatic carbocycles. The number of phenols is 1. The van der Waals surface area contributed by atoms with Crippen molar-refractivity contribution in [2.45, 2.75) is 37.4 Å². The van der Waals surface area contributed by atoms with Crippen molar-refractivity contribution in [3.8, 4) is 5.75 Å². The molecule has 4 amide bonds. The molecule has 0 radical (unpaired) electrons. The highest BCUT2D eigenvalue weighted by Crippen LogP contribution is 2.12. The predicted octanol–water partition coefficient (Wildman–Crippen LogP) is 0.0340. The SMILES string of the molecule is NCC(=O)N[C@H](Cc1ccccc1)C(=O)N[C@H](Cc1ccccc1)C(=O)N[C@H](Cc1ccc(O)cc1)C(=O)NCC(=O)O. The summed E-state index contributed by atoms with van der Waals surface area (Å²) in [6.07, 6.45) is 0.176. The van der Waals surface area contributed by atoms with Crippen LogP contribution in [0.15, 0.2) is 84.9 Å². The standard InChI is InChI=1S/C31H35N5O7/c32-18-27(38)34-25(15-20-7-3-1-4-8-20)30(42)36-26(16-21-9-5-2-6-10-21)31(43)35-24(29(41)33-19-28(39)40)17-22-11-13-23(37)14-12-22/h1-14,24-26,37H,15-19,32H2,(H,33,41)(H,34,38)(H,35,43)(H,36,42)(H,39,40)/t24-,25-,26-/m1/s1. The van der Waals surface area contributed by atoms with Crippen molar-refractivity contribution in [1.82, 2.24) is 21.3 Å². The first-order valence-electron chi connectivity index (χ1n) is 13.6. The molecule has 0 aromatic heterocycles. The van der Waals surface area contributed by atoms with Gasteiger partial charge >= 0.3 is 5.97 Å². The summed E-state index contributed by atoms with van der Waals surface area (Å²) in [5.41, 5.74) is 7.55. The highest BCUT2D eigenvalue weighted by atomic mass is 16.4. The molecule has 0 saturated heterocycles. The molecule has 0 aliphatic carbocycles. The number of carbonyl (C=O) groups is 5. The number of nitrogens with two attached hydrogens (primary N) is 1. The minimum atomic E-state index is -1.26. The van der Waals surface area contributed by atoms with Gasteiger partial charge in [0.25, 0.3) is 0 Å². The Hall–Kier alpha value is -5.23. The fourth-order valence-corrected chi connectivity index (χ4v) is 4.28. The molecular formula is C31H35N5O7. The maximum atomic E-state index is 13.7. The summed E-state index contributed by atoms with van der Waals surface area (Å²) >= 11 is 0. The van der Waals surface area contributed by atoms with Gasteiger partial charge in [0.2, 0.25) is 23.6 Å². The summed E-state index contributed by atoms with van der Waals surface area (Å²) in [7, 11) is 0. The van der Waals surface area contributed by atoms with E-state index in [-0.39, 0.29) is 31.6 Å². The molecule has 12 nitrogen and oxygen atoms in total. The van der Waals surface area contributed by atoms with E-state index >= 15 is 0 Å². The first kappa shape index (κ1) is 32.3. The topological polar surface area (TPSA) is 200 Å². The molecule has 0 bridgehead atoms. The molecule has 43 heavy (non-hydrogen) atoms. The number of aliphatic carboxylic acids is 1. The van der Waals surface area contributed by atoms with Gasteiger partial charge < -0.3 is 37.2 Å². The van der Waals surface area contributed by atoms with Gasteiger partial charge in [0.05, 0.1) is 6.54 Å². The molecule has 0 aliphatic rings. The number of carboxylic acids is 1. The Bertz CT molecular complexity index is 1380. The molecule has 3 aromatic rings. The first-order chi connectivity index (χ1) is 20.6. The number of rotatable bonds is 15. The predicted molar refractivity (Wildman–Crippen MR) is 158 cm³/mol. The van der Waals surface area contributed by atoms with Gasteiger partial charge in [-0.2, -0.15) is 0 Å². The van der Waals surface area contributed by atoms with Crippen LogP contribution in [0, 0.1) is 0 Å². The van der Waals surface area contributed by atoms with Crippen molar-refractivity contribution < 1.29 is 34.2 Å². The Balaban J connectivity index is 1.86. The number of nitrogens with one attached hydrogen (secondary N) is 4. The number of carboxylic acid groups (broad SMARTS) is 1. The van der Waals surface area contributed by atoms with Crippen LogP contribution < -0.4 is 27.0 Å². The monoisotopic (exact) mass is 589 g/mol. The molecule has 0 fully saturated rings. The van der Waals surface area contributed by atoms with E-state index in [1.807, 2.05) is 6.07 Å². The Morgan fingerprint density at radius 2 is 1.02 bits per heavy atom. The van der Waals surface area contributed by atoms with E-state index in [1.165, 1.54) is 12.1 Å². The van der Waals surface area contributed by atoms with Crippen molar-refractivity contribution in [1.29, 1.82) is 0 Å². The number of amides is 4. The zero-order chi connectivity index (χ0) is 31.2.